The molecule has 2 aromatic rings. The molecular formula is C29H40N4O7. The molecule has 0 aromatic heterocycles. The number of benzene rings is 2. The van der Waals surface area contributed by atoms with Gasteiger partial charge in [0.05, 0.1) is 12.2 Å². The standard InChI is InChI=1S/C29H40N4O7/c1-28(2,3)39-25(35)20-10-14-21(15-11-20)31-24(34)23(33-27(37)40-29(4,5)6)18-19-8-12-22(13-9-19)32-26(36)30-16-17-38-7/h8-15,23H,16-18H2,1-7H3,(H,31,34)(H,33,37)(H2,30,32,36). The quantitative estimate of drug-likeness (QED) is 0.249. The Morgan fingerprint density at radius 3 is 1.88 bits per heavy atom. The second-order valence-corrected chi connectivity index (χ2v) is 11.0. The second-order valence-electron chi connectivity index (χ2n) is 11.0. The first-order valence-corrected chi connectivity index (χ1v) is 12.9. The molecule has 0 aliphatic heterocycles. The highest BCUT2D eigenvalue weighted by Crippen LogP contribution is 2.17. The van der Waals surface area contributed by atoms with Crippen LogP contribution in [0.5, 0.6) is 0 Å². The third-order valence-corrected chi connectivity index (χ3v) is 5.04. The van der Waals surface area contributed by atoms with E-state index in [1.54, 1.807) is 97.2 Å². The molecule has 11 nitrogen and oxygen atoms in total. The minimum atomic E-state index is -0.975. The fraction of sp³-hybridized carbons (Fsp3) is 0.448. The molecule has 1 unspecified atom stereocenters. The summed E-state index contributed by atoms with van der Waals surface area (Å²) in [5.74, 6) is -0.948. The van der Waals surface area contributed by atoms with Crippen molar-refractivity contribution in [1.82, 2.24) is 10.6 Å². The third kappa shape index (κ3) is 12.2. The molecule has 0 fully saturated rings. The summed E-state index contributed by atoms with van der Waals surface area (Å²) in [6.45, 7) is 11.3. The van der Waals surface area contributed by atoms with E-state index in [9.17, 15) is 19.2 Å². The number of ether oxygens (including phenoxy) is 3. The Hall–Kier alpha value is -4.12. The van der Waals surface area contributed by atoms with Crippen LogP contribution in [0.1, 0.15) is 57.5 Å². The van der Waals surface area contributed by atoms with Gasteiger partial charge < -0.3 is 35.5 Å². The molecule has 40 heavy (non-hydrogen) atoms. The van der Waals surface area contributed by atoms with Gasteiger partial charge in [-0.2, -0.15) is 0 Å². The summed E-state index contributed by atoms with van der Waals surface area (Å²) in [6.07, 6.45) is -0.583. The van der Waals surface area contributed by atoms with Crippen molar-refractivity contribution < 1.29 is 33.4 Å². The fourth-order valence-electron chi connectivity index (χ4n) is 3.32. The van der Waals surface area contributed by atoms with E-state index in [-0.39, 0.29) is 12.5 Å². The smallest absolute Gasteiger partial charge is 0.408 e. The van der Waals surface area contributed by atoms with Crippen LogP contribution in [0.25, 0.3) is 0 Å². The maximum absolute atomic E-state index is 13.2. The predicted octanol–water partition coefficient (Wildman–Crippen LogP) is 4.48. The van der Waals surface area contributed by atoms with E-state index in [1.807, 2.05) is 0 Å². The Morgan fingerprint density at radius 1 is 0.775 bits per heavy atom. The number of amides is 4. The molecule has 0 aliphatic rings. The SMILES string of the molecule is COCCNC(=O)Nc1ccc(CC(NC(=O)OC(C)(C)C)C(=O)Nc2ccc(C(=O)OC(C)(C)C)cc2)cc1. The number of rotatable bonds is 10. The molecule has 4 amide bonds. The summed E-state index contributed by atoms with van der Waals surface area (Å²) < 4.78 is 15.6. The third-order valence-electron chi connectivity index (χ3n) is 5.04. The minimum Gasteiger partial charge on any atom is -0.456 e. The van der Waals surface area contributed by atoms with E-state index < -0.39 is 35.2 Å². The molecule has 0 saturated heterocycles. The lowest BCUT2D eigenvalue weighted by atomic mass is 10.0. The Bertz CT molecular complexity index is 1150. The molecule has 2 aromatic carbocycles. The van der Waals surface area contributed by atoms with Crippen molar-refractivity contribution in [2.24, 2.45) is 0 Å². The van der Waals surface area contributed by atoms with Crippen LogP contribution >= 0.6 is 0 Å². The summed E-state index contributed by atoms with van der Waals surface area (Å²) in [7, 11) is 1.55. The average Bonchev–Trinajstić information content (AvgIpc) is 2.83. The Balaban J connectivity index is 2.11. The van der Waals surface area contributed by atoms with Gasteiger partial charge in [0.25, 0.3) is 0 Å². The number of carbonyl (C=O) groups excluding carboxylic acids is 4. The monoisotopic (exact) mass is 556 g/mol. The van der Waals surface area contributed by atoms with Gasteiger partial charge in [-0.25, -0.2) is 14.4 Å². The van der Waals surface area contributed by atoms with E-state index in [1.165, 1.54) is 0 Å². The van der Waals surface area contributed by atoms with Crippen LogP contribution in [0.3, 0.4) is 0 Å². The van der Waals surface area contributed by atoms with E-state index in [2.05, 4.69) is 21.3 Å². The van der Waals surface area contributed by atoms with E-state index in [0.717, 1.165) is 5.56 Å². The van der Waals surface area contributed by atoms with Crippen LogP contribution in [0.15, 0.2) is 48.5 Å². The van der Waals surface area contributed by atoms with Crippen molar-refractivity contribution in [3.05, 3.63) is 59.7 Å². The molecular weight excluding hydrogens is 516 g/mol. The maximum atomic E-state index is 13.2. The van der Waals surface area contributed by atoms with Crippen LogP contribution in [0.2, 0.25) is 0 Å². The Kier molecular flexibility index (Phi) is 11.5. The van der Waals surface area contributed by atoms with E-state index >= 15 is 0 Å². The van der Waals surface area contributed by atoms with Gasteiger partial charge in [0.1, 0.15) is 17.2 Å². The lowest BCUT2D eigenvalue weighted by molar-refractivity contribution is -0.118. The highest BCUT2D eigenvalue weighted by atomic mass is 16.6. The zero-order valence-electron chi connectivity index (χ0n) is 24.2. The molecule has 0 saturated carbocycles. The Morgan fingerprint density at radius 2 is 1.32 bits per heavy atom. The molecule has 0 radical (unpaired) electrons. The molecule has 4 N–H and O–H groups in total. The number of esters is 1. The van der Waals surface area contributed by atoms with Crippen LogP contribution < -0.4 is 21.3 Å². The summed E-state index contributed by atoms with van der Waals surface area (Å²) in [5, 5.41) is 10.8. The largest absolute Gasteiger partial charge is 0.456 e. The van der Waals surface area contributed by atoms with Crippen LogP contribution in [0.4, 0.5) is 21.0 Å². The first-order chi connectivity index (χ1) is 18.6. The fourth-order valence-corrected chi connectivity index (χ4v) is 3.32. The molecule has 2 rings (SSSR count). The maximum Gasteiger partial charge on any atom is 0.408 e. The van der Waals surface area contributed by atoms with Crippen molar-refractivity contribution >= 4 is 35.4 Å². The molecule has 0 heterocycles. The average molecular weight is 557 g/mol. The summed E-state index contributed by atoms with van der Waals surface area (Å²) in [4.78, 5) is 49.9. The van der Waals surface area contributed by atoms with Gasteiger partial charge in [-0.15, -0.1) is 0 Å². The Labute approximate surface area is 235 Å². The van der Waals surface area contributed by atoms with E-state index in [0.29, 0.717) is 30.1 Å². The van der Waals surface area contributed by atoms with Gasteiger partial charge in [0.15, 0.2) is 0 Å². The van der Waals surface area contributed by atoms with Gasteiger partial charge in [0, 0.05) is 31.5 Å². The van der Waals surface area contributed by atoms with Crippen molar-refractivity contribution in [1.29, 1.82) is 0 Å². The molecule has 11 heteroatoms. The van der Waals surface area contributed by atoms with Gasteiger partial charge >= 0.3 is 18.1 Å². The summed E-state index contributed by atoms with van der Waals surface area (Å²) >= 11 is 0. The lowest BCUT2D eigenvalue weighted by Gasteiger charge is -2.23. The first-order valence-electron chi connectivity index (χ1n) is 12.9. The number of methoxy groups -OCH3 is 1. The molecule has 0 aliphatic carbocycles. The zero-order chi connectivity index (χ0) is 29.9. The van der Waals surface area contributed by atoms with Crippen LogP contribution in [-0.4, -0.2) is 61.5 Å². The van der Waals surface area contributed by atoms with Crippen molar-refractivity contribution in [2.75, 3.05) is 30.9 Å². The molecule has 0 bridgehead atoms. The van der Waals surface area contributed by atoms with Crippen LogP contribution in [-0.2, 0) is 25.4 Å². The van der Waals surface area contributed by atoms with Crippen LogP contribution in [0, 0.1) is 0 Å². The molecule has 1 atom stereocenters. The summed E-state index contributed by atoms with van der Waals surface area (Å²) in [5.41, 5.74) is 0.700. The van der Waals surface area contributed by atoms with Gasteiger partial charge in [-0.3, -0.25) is 4.79 Å². The zero-order valence-corrected chi connectivity index (χ0v) is 24.2. The van der Waals surface area contributed by atoms with Crippen molar-refractivity contribution in [2.45, 2.75) is 65.2 Å². The number of hydrogen-bond acceptors (Lipinski definition) is 7. The molecule has 0 spiro atoms. The minimum absolute atomic E-state index is 0.154. The highest BCUT2D eigenvalue weighted by Gasteiger charge is 2.25. The number of nitrogens with one attached hydrogen (secondary N) is 4. The topological polar surface area (TPSA) is 144 Å². The molecule has 218 valence electrons. The first kappa shape index (κ1) is 32.1. The summed E-state index contributed by atoms with van der Waals surface area (Å²) in [6, 6.07) is 11.8. The predicted molar refractivity (Wildman–Crippen MR) is 152 cm³/mol. The highest BCUT2D eigenvalue weighted by molar-refractivity contribution is 5.97. The van der Waals surface area contributed by atoms with Gasteiger partial charge in [0.2, 0.25) is 5.91 Å². The van der Waals surface area contributed by atoms with Crippen molar-refractivity contribution in [3.8, 4) is 0 Å². The van der Waals surface area contributed by atoms with E-state index in [4.69, 9.17) is 14.2 Å². The number of anilines is 2. The number of hydrogen-bond donors (Lipinski definition) is 4. The normalized spacial score (nSPS) is 12.1. The lowest BCUT2D eigenvalue weighted by Crippen LogP contribution is -2.47. The number of urea groups is 1. The van der Waals surface area contributed by atoms with Gasteiger partial charge in [-0.1, -0.05) is 12.1 Å². The van der Waals surface area contributed by atoms with Crippen molar-refractivity contribution in [3.63, 3.8) is 0 Å². The number of carbonyl (C=O) groups is 4. The number of alkyl carbamates (subject to hydrolysis) is 1. The van der Waals surface area contributed by atoms with Gasteiger partial charge in [-0.05, 0) is 83.5 Å². The second kappa shape index (κ2) is 14.3.